The second kappa shape index (κ2) is 14.4. The Morgan fingerprint density at radius 2 is 1.63 bits per heavy atom. The van der Waals surface area contributed by atoms with Gasteiger partial charge in [-0.25, -0.2) is 17.1 Å². The Morgan fingerprint density at radius 3 is 2.25 bits per heavy atom. The van der Waals surface area contributed by atoms with Crippen molar-refractivity contribution >= 4 is 35.8 Å². The molecule has 11 nitrogen and oxygen atoms in total. The SMILES string of the molecule is COc1ccc(S(=O)(=O)N2C(=O)C(c3cc(CO[Si](C)(C)C(C)(C)C)ccc3OC)(N3CCCC[C@H]3C(=O)N(C)C)c3cc(F)ccc32)c(OC)c1. The van der Waals surface area contributed by atoms with E-state index in [1.807, 2.05) is 6.07 Å². The van der Waals surface area contributed by atoms with Crippen molar-refractivity contribution in [3.8, 4) is 17.2 Å². The molecular formula is C38H50FN3O8SSi. The minimum absolute atomic E-state index is 0.0455. The molecule has 2 aliphatic rings. The second-order valence-electron chi connectivity index (χ2n) is 15.0. The Kier molecular flexibility index (Phi) is 10.9. The zero-order chi connectivity index (χ0) is 38.4. The molecule has 1 saturated heterocycles. The van der Waals surface area contributed by atoms with E-state index < -0.39 is 41.6 Å². The average molecular weight is 756 g/mol. The summed E-state index contributed by atoms with van der Waals surface area (Å²) in [5.74, 6) is -1.28. The van der Waals surface area contributed by atoms with E-state index in [0.717, 1.165) is 10.4 Å². The predicted octanol–water partition coefficient (Wildman–Crippen LogP) is 6.30. The van der Waals surface area contributed by atoms with Gasteiger partial charge in [0.1, 0.15) is 28.0 Å². The molecule has 0 aromatic heterocycles. The van der Waals surface area contributed by atoms with E-state index in [4.69, 9.17) is 18.6 Å². The van der Waals surface area contributed by atoms with Gasteiger partial charge in [-0.2, -0.15) is 0 Å². The summed E-state index contributed by atoms with van der Waals surface area (Å²) in [7, 11) is 0.528. The van der Waals surface area contributed by atoms with Crippen LogP contribution < -0.4 is 18.5 Å². The summed E-state index contributed by atoms with van der Waals surface area (Å²) in [6.45, 7) is 11.1. The smallest absolute Gasteiger partial charge is 0.274 e. The minimum Gasteiger partial charge on any atom is -0.497 e. The maximum Gasteiger partial charge on any atom is 0.274 e. The first-order valence-electron chi connectivity index (χ1n) is 17.3. The van der Waals surface area contributed by atoms with Crippen molar-refractivity contribution in [3.63, 3.8) is 0 Å². The topological polar surface area (TPSA) is 115 Å². The van der Waals surface area contributed by atoms with Gasteiger partial charge >= 0.3 is 0 Å². The van der Waals surface area contributed by atoms with Crippen molar-refractivity contribution in [1.29, 1.82) is 0 Å². The van der Waals surface area contributed by atoms with Crippen molar-refractivity contribution < 1.29 is 41.0 Å². The predicted molar refractivity (Wildman–Crippen MR) is 199 cm³/mol. The van der Waals surface area contributed by atoms with Gasteiger partial charge in [0.15, 0.2) is 13.9 Å². The Balaban J connectivity index is 1.85. The molecule has 5 rings (SSSR count). The van der Waals surface area contributed by atoms with Crippen LogP contribution in [0.15, 0.2) is 59.5 Å². The van der Waals surface area contributed by atoms with Gasteiger partial charge in [-0.15, -0.1) is 0 Å². The lowest BCUT2D eigenvalue weighted by molar-refractivity contribution is -0.142. The molecule has 0 saturated carbocycles. The fourth-order valence-electron chi connectivity index (χ4n) is 6.86. The third-order valence-corrected chi connectivity index (χ3v) is 16.9. The molecule has 0 spiro atoms. The van der Waals surface area contributed by atoms with Crippen LogP contribution in [0.5, 0.6) is 17.2 Å². The van der Waals surface area contributed by atoms with Crippen molar-refractivity contribution in [3.05, 3.63) is 77.1 Å². The van der Waals surface area contributed by atoms with Crippen LogP contribution >= 0.6 is 0 Å². The molecular weight excluding hydrogens is 706 g/mol. The van der Waals surface area contributed by atoms with Crippen LogP contribution in [0.1, 0.15) is 56.7 Å². The van der Waals surface area contributed by atoms with Gasteiger partial charge in [-0.3, -0.25) is 14.5 Å². The first-order valence-corrected chi connectivity index (χ1v) is 21.6. The van der Waals surface area contributed by atoms with E-state index in [0.29, 0.717) is 30.6 Å². The average Bonchev–Trinajstić information content (AvgIpc) is 3.37. The van der Waals surface area contributed by atoms with Crippen molar-refractivity contribution in [2.24, 2.45) is 0 Å². The summed E-state index contributed by atoms with van der Waals surface area (Å²) in [6, 6.07) is 12.3. The second-order valence-corrected chi connectivity index (χ2v) is 21.5. The maximum atomic E-state index is 15.7. The summed E-state index contributed by atoms with van der Waals surface area (Å²) in [5, 5.41) is -0.0770. The molecule has 0 bridgehead atoms. The number of halogens is 1. The van der Waals surface area contributed by atoms with Crippen LogP contribution in [-0.4, -0.2) is 86.4 Å². The molecule has 2 atom stereocenters. The molecule has 3 aromatic carbocycles. The van der Waals surface area contributed by atoms with Gasteiger partial charge in [0.05, 0.1) is 39.7 Å². The van der Waals surface area contributed by atoms with E-state index in [1.165, 1.54) is 56.6 Å². The number of ether oxygens (including phenoxy) is 3. The molecule has 14 heteroatoms. The molecule has 282 valence electrons. The number of carbonyl (C=O) groups excluding carboxylic acids is 2. The highest BCUT2D eigenvalue weighted by Crippen LogP contribution is 2.55. The van der Waals surface area contributed by atoms with Gasteiger partial charge in [0.2, 0.25) is 5.91 Å². The Morgan fingerprint density at radius 1 is 0.942 bits per heavy atom. The van der Waals surface area contributed by atoms with Crippen LogP contribution in [-0.2, 0) is 36.2 Å². The number of nitrogens with zero attached hydrogens (tertiary/aromatic N) is 3. The number of likely N-dealkylation sites (N-methyl/N-ethyl adjacent to an activating group) is 1. The molecule has 0 radical (unpaired) electrons. The first-order chi connectivity index (χ1) is 24.4. The summed E-state index contributed by atoms with van der Waals surface area (Å²) in [6.07, 6.45) is 1.70. The van der Waals surface area contributed by atoms with Gasteiger partial charge in [-0.1, -0.05) is 33.3 Å². The zero-order valence-corrected chi connectivity index (χ0v) is 33.5. The fraction of sp³-hybridized carbons (Fsp3) is 0.474. The molecule has 3 aromatic rings. The summed E-state index contributed by atoms with van der Waals surface area (Å²) in [5.41, 5.74) is -1.000. The number of fused-ring (bicyclic) bond motifs is 1. The number of methoxy groups -OCH3 is 3. The number of hydrogen-bond donors (Lipinski definition) is 0. The zero-order valence-electron chi connectivity index (χ0n) is 31.7. The van der Waals surface area contributed by atoms with Gasteiger partial charge < -0.3 is 23.5 Å². The minimum atomic E-state index is -4.73. The molecule has 0 aliphatic carbocycles. The Bertz CT molecular complexity index is 1970. The van der Waals surface area contributed by atoms with Crippen molar-refractivity contribution in [2.75, 3.05) is 46.3 Å². The number of anilines is 1. The highest BCUT2D eigenvalue weighted by molar-refractivity contribution is 7.93. The molecule has 2 aliphatic heterocycles. The third kappa shape index (κ3) is 6.58. The molecule has 1 fully saturated rings. The molecule has 1 unspecified atom stereocenters. The standard InChI is InChI=1S/C38H50FN3O8SSi/c1-37(2,3)52(9,10)50-24-25-14-18-32(48-7)29(21-25)38(41-20-12-11-13-31(41)35(43)40(4)5)28-22-26(39)15-17-30(28)42(36(38)44)51(45,46)34-19-16-27(47-6)23-33(34)49-8/h14-19,21-23,31H,11-13,20,24H2,1-10H3/t31-,38?/m0/s1. The lowest BCUT2D eigenvalue weighted by Crippen LogP contribution is -2.62. The monoisotopic (exact) mass is 755 g/mol. The first kappa shape index (κ1) is 39.2. The summed E-state index contributed by atoms with van der Waals surface area (Å²) in [4.78, 5) is 32.6. The van der Waals surface area contributed by atoms with Gasteiger partial charge in [-0.05, 0) is 79.0 Å². The fourth-order valence-corrected chi connectivity index (χ4v) is 9.42. The third-order valence-electron chi connectivity index (χ3n) is 10.7. The van der Waals surface area contributed by atoms with Crippen LogP contribution in [0.3, 0.4) is 0 Å². The van der Waals surface area contributed by atoms with Crippen molar-refractivity contribution in [2.45, 2.75) is 81.2 Å². The maximum absolute atomic E-state index is 15.7. The Labute approximate surface area is 307 Å². The quantitative estimate of drug-likeness (QED) is 0.208. The normalized spacial score (nSPS) is 19.7. The number of amides is 2. The van der Waals surface area contributed by atoms with Crippen LogP contribution in [0.2, 0.25) is 18.1 Å². The van der Waals surface area contributed by atoms with E-state index in [1.54, 1.807) is 31.1 Å². The lowest BCUT2D eigenvalue weighted by atomic mass is 9.78. The number of sulfonamides is 1. The highest BCUT2D eigenvalue weighted by atomic mass is 32.2. The largest absolute Gasteiger partial charge is 0.497 e. The highest BCUT2D eigenvalue weighted by Gasteiger charge is 2.63. The van der Waals surface area contributed by atoms with Gasteiger partial charge in [0.25, 0.3) is 15.9 Å². The lowest BCUT2D eigenvalue weighted by Gasteiger charge is -2.47. The summed E-state index contributed by atoms with van der Waals surface area (Å²) < 4.78 is 69.4. The van der Waals surface area contributed by atoms with Crippen LogP contribution in [0.25, 0.3) is 0 Å². The molecule has 52 heavy (non-hydrogen) atoms. The van der Waals surface area contributed by atoms with E-state index in [2.05, 4.69) is 33.9 Å². The van der Waals surface area contributed by atoms with E-state index in [-0.39, 0.29) is 57.3 Å². The number of carbonyl (C=O) groups is 2. The molecule has 0 N–H and O–H groups in total. The van der Waals surface area contributed by atoms with E-state index >= 15 is 9.18 Å². The number of piperidine rings is 1. The number of likely N-dealkylation sites (tertiary alicyclic amines) is 1. The summed E-state index contributed by atoms with van der Waals surface area (Å²) >= 11 is 0. The number of rotatable bonds is 11. The molecule has 2 amide bonds. The van der Waals surface area contributed by atoms with Gasteiger partial charge in [0, 0.05) is 37.8 Å². The number of benzene rings is 3. The van der Waals surface area contributed by atoms with Crippen LogP contribution in [0.4, 0.5) is 10.1 Å². The Hall–Kier alpha value is -3.98. The van der Waals surface area contributed by atoms with Crippen molar-refractivity contribution in [1.82, 2.24) is 9.80 Å². The van der Waals surface area contributed by atoms with E-state index in [9.17, 15) is 13.2 Å². The number of hydrogen-bond acceptors (Lipinski definition) is 9. The van der Waals surface area contributed by atoms with Crippen LogP contribution in [0, 0.1) is 5.82 Å². The molecule has 2 heterocycles.